The average molecular weight is 384 g/mol. The first-order valence-corrected chi connectivity index (χ1v) is 7.93. The third kappa shape index (κ3) is 4.90. The SMILES string of the molecule is C.C.COC1OC(CO)C(OC2OC(CO)C(C)C(O)C2N)C(O)C1N. The van der Waals surface area contributed by atoms with Gasteiger partial charge in [0.05, 0.1) is 37.5 Å². The van der Waals surface area contributed by atoms with Crippen molar-refractivity contribution in [2.24, 2.45) is 17.4 Å². The van der Waals surface area contributed by atoms with Crippen LogP contribution in [0.3, 0.4) is 0 Å². The van der Waals surface area contributed by atoms with Gasteiger partial charge in [-0.3, -0.25) is 0 Å². The number of aliphatic hydroxyl groups is 4. The Hall–Kier alpha value is -0.400. The Morgan fingerprint density at radius 1 is 0.885 bits per heavy atom. The van der Waals surface area contributed by atoms with E-state index in [0.717, 1.165) is 0 Å². The summed E-state index contributed by atoms with van der Waals surface area (Å²) in [6, 6.07) is -1.80. The Bertz CT molecular complexity index is 400. The Morgan fingerprint density at radius 3 is 1.88 bits per heavy atom. The van der Waals surface area contributed by atoms with E-state index < -0.39 is 61.8 Å². The second-order valence-electron chi connectivity index (χ2n) is 6.28. The lowest BCUT2D eigenvalue weighted by Gasteiger charge is -2.46. The molecule has 8 N–H and O–H groups in total. The molecule has 2 fully saturated rings. The van der Waals surface area contributed by atoms with E-state index in [1.165, 1.54) is 7.11 Å². The molecule has 0 aliphatic carbocycles. The zero-order valence-corrected chi connectivity index (χ0v) is 13.8. The van der Waals surface area contributed by atoms with E-state index in [1.54, 1.807) is 6.92 Å². The zero-order valence-electron chi connectivity index (χ0n) is 13.8. The highest BCUT2D eigenvalue weighted by molar-refractivity contribution is 4.95. The second kappa shape index (κ2) is 10.8. The normalized spacial score (nSPS) is 46.2. The van der Waals surface area contributed by atoms with Gasteiger partial charge >= 0.3 is 0 Å². The van der Waals surface area contributed by atoms with Gasteiger partial charge in [-0.15, -0.1) is 0 Å². The minimum Gasteiger partial charge on any atom is -0.394 e. The molecule has 0 saturated carbocycles. The first-order chi connectivity index (χ1) is 11.3. The summed E-state index contributed by atoms with van der Waals surface area (Å²) in [5, 5.41) is 39.4. The van der Waals surface area contributed by atoms with Gasteiger partial charge in [0.2, 0.25) is 0 Å². The van der Waals surface area contributed by atoms with Crippen LogP contribution in [0.2, 0.25) is 0 Å². The van der Waals surface area contributed by atoms with Gasteiger partial charge < -0.3 is 50.8 Å². The van der Waals surface area contributed by atoms with Crippen LogP contribution in [-0.4, -0.2) is 95.9 Å². The number of hydrogen-bond acceptors (Lipinski definition) is 10. The van der Waals surface area contributed by atoms with Crippen LogP contribution in [0.15, 0.2) is 0 Å². The fraction of sp³-hybridized carbons (Fsp3) is 1.00. The zero-order chi connectivity index (χ0) is 18.0. The largest absolute Gasteiger partial charge is 0.394 e. The number of methoxy groups -OCH3 is 1. The molecule has 0 spiro atoms. The lowest BCUT2D eigenvalue weighted by molar-refractivity contribution is -0.321. The van der Waals surface area contributed by atoms with E-state index >= 15 is 0 Å². The van der Waals surface area contributed by atoms with Crippen LogP contribution >= 0.6 is 0 Å². The molecule has 0 amide bonds. The summed E-state index contributed by atoms with van der Waals surface area (Å²) in [6.07, 6.45) is -6.78. The van der Waals surface area contributed by atoms with Crippen molar-refractivity contribution < 1.29 is 39.4 Å². The number of ether oxygens (including phenoxy) is 4. The van der Waals surface area contributed by atoms with Crippen LogP contribution < -0.4 is 11.5 Å². The standard InChI is InChI=1S/C14H28N2O8.2CH4/c1-5-6(3-17)22-14(8(15)10(5)19)24-12-7(4-18)23-13(21-2)9(16)11(12)20;;/h5-14,17-20H,3-4,15-16H2,1-2H3;2*1H4. The summed E-state index contributed by atoms with van der Waals surface area (Å²) in [4.78, 5) is 0. The molecule has 2 aliphatic rings. The molecule has 0 aromatic carbocycles. The van der Waals surface area contributed by atoms with E-state index in [4.69, 9.17) is 30.4 Å². The predicted octanol–water partition coefficient (Wildman–Crippen LogP) is -2.26. The highest BCUT2D eigenvalue weighted by Gasteiger charge is 2.48. The lowest BCUT2D eigenvalue weighted by atomic mass is 9.89. The Kier molecular flexibility index (Phi) is 10.6. The third-order valence-electron chi connectivity index (χ3n) is 4.75. The fourth-order valence-corrected chi connectivity index (χ4v) is 3.07. The summed E-state index contributed by atoms with van der Waals surface area (Å²) >= 11 is 0. The maximum absolute atomic E-state index is 10.4. The highest BCUT2D eigenvalue weighted by Crippen LogP contribution is 2.29. The molecule has 0 bridgehead atoms. The van der Waals surface area contributed by atoms with E-state index in [-0.39, 0.29) is 27.4 Å². The number of aliphatic hydroxyl groups excluding tert-OH is 4. The van der Waals surface area contributed by atoms with Gasteiger partial charge in [0.25, 0.3) is 0 Å². The molecule has 0 aromatic heterocycles. The van der Waals surface area contributed by atoms with E-state index in [1.807, 2.05) is 0 Å². The summed E-state index contributed by atoms with van der Waals surface area (Å²) < 4.78 is 21.8. The second-order valence-corrected chi connectivity index (χ2v) is 6.28. The van der Waals surface area contributed by atoms with Gasteiger partial charge in [0.1, 0.15) is 18.3 Å². The molecule has 10 heteroatoms. The van der Waals surface area contributed by atoms with Gasteiger partial charge in [-0.25, -0.2) is 0 Å². The Balaban J connectivity index is 0.00000312. The average Bonchev–Trinajstić information content (AvgIpc) is 2.59. The first kappa shape index (κ1) is 25.6. The van der Waals surface area contributed by atoms with Crippen LogP contribution in [0, 0.1) is 5.92 Å². The number of nitrogens with two attached hydrogens (primary N) is 2. The lowest BCUT2D eigenvalue weighted by Crippen LogP contribution is -2.66. The van der Waals surface area contributed by atoms with Crippen molar-refractivity contribution in [3.05, 3.63) is 0 Å². The minimum atomic E-state index is -1.21. The van der Waals surface area contributed by atoms with Crippen LogP contribution in [-0.2, 0) is 18.9 Å². The number of hydrogen-bond donors (Lipinski definition) is 6. The summed E-state index contributed by atoms with van der Waals surface area (Å²) in [6.45, 7) is 0.942. The maximum atomic E-state index is 10.4. The molecule has 10 unspecified atom stereocenters. The molecular weight excluding hydrogens is 348 g/mol. The summed E-state index contributed by atoms with van der Waals surface area (Å²) in [7, 11) is 1.37. The van der Waals surface area contributed by atoms with E-state index in [9.17, 15) is 20.4 Å². The molecule has 0 aromatic rings. The fourth-order valence-electron chi connectivity index (χ4n) is 3.07. The van der Waals surface area contributed by atoms with Gasteiger partial charge in [-0.05, 0) is 0 Å². The first-order valence-electron chi connectivity index (χ1n) is 7.93. The molecule has 2 heterocycles. The van der Waals surface area contributed by atoms with Crippen molar-refractivity contribution in [3.8, 4) is 0 Å². The van der Waals surface area contributed by atoms with Crippen molar-refractivity contribution in [3.63, 3.8) is 0 Å². The molecule has 0 radical (unpaired) electrons. The van der Waals surface area contributed by atoms with Crippen molar-refractivity contribution in [1.82, 2.24) is 0 Å². The van der Waals surface area contributed by atoms with Gasteiger partial charge in [-0.2, -0.15) is 0 Å². The van der Waals surface area contributed by atoms with Crippen LogP contribution in [0.1, 0.15) is 21.8 Å². The Labute approximate surface area is 155 Å². The van der Waals surface area contributed by atoms with Gasteiger partial charge in [0, 0.05) is 13.0 Å². The third-order valence-corrected chi connectivity index (χ3v) is 4.75. The van der Waals surface area contributed by atoms with Crippen LogP contribution in [0.4, 0.5) is 0 Å². The minimum absolute atomic E-state index is 0. The van der Waals surface area contributed by atoms with Crippen LogP contribution in [0.5, 0.6) is 0 Å². The van der Waals surface area contributed by atoms with Crippen molar-refractivity contribution >= 4 is 0 Å². The molecular formula is C16H36N2O8. The number of rotatable bonds is 5. The maximum Gasteiger partial charge on any atom is 0.176 e. The molecule has 158 valence electrons. The topological polar surface area (TPSA) is 170 Å². The predicted molar refractivity (Wildman–Crippen MR) is 94.0 cm³/mol. The Morgan fingerprint density at radius 2 is 1.38 bits per heavy atom. The van der Waals surface area contributed by atoms with E-state index in [0.29, 0.717) is 0 Å². The molecule has 10 atom stereocenters. The molecule has 10 nitrogen and oxygen atoms in total. The van der Waals surface area contributed by atoms with Gasteiger partial charge in [0.15, 0.2) is 12.6 Å². The quantitative estimate of drug-likeness (QED) is 0.304. The van der Waals surface area contributed by atoms with Crippen molar-refractivity contribution in [2.45, 2.75) is 77.0 Å². The van der Waals surface area contributed by atoms with Crippen LogP contribution in [0.25, 0.3) is 0 Å². The van der Waals surface area contributed by atoms with Crippen molar-refractivity contribution in [2.75, 3.05) is 20.3 Å². The monoisotopic (exact) mass is 384 g/mol. The summed E-state index contributed by atoms with van der Waals surface area (Å²) in [5.74, 6) is -0.383. The smallest absolute Gasteiger partial charge is 0.176 e. The summed E-state index contributed by atoms with van der Waals surface area (Å²) in [5.41, 5.74) is 11.8. The highest BCUT2D eigenvalue weighted by atomic mass is 16.7. The van der Waals surface area contributed by atoms with E-state index in [2.05, 4.69) is 0 Å². The molecule has 26 heavy (non-hydrogen) atoms. The molecule has 2 aliphatic heterocycles. The molecule has 2 saturated heterocycles. The molecule has 2 rings (SSSR count). The van der Waals surface area contributed by atoms with Crippen molar-refractivity contribution in [1.29, 1.82) is 0 Å². The van der Waals surface area contributed by atoms with Gasteiger partial charge in [-0.1, -0.05) is 21.8 Å².